The van der Waals surface area contributed by atoms with Crippen molar-refractivity contribution in [2.45, 2.75) is 31.7 Å². The minimum atomic E-state index is -2.73. The average Bonchev–Trinajstić information content (AvgIpc) is 2.78. The fourth-order valence-corrected chi connectivity index (χ4v) is 4.14. The molecule has 3 aromatic rings. The van der Waals surface area contributed by atoms with Crippen molar-refractivity contribution in [1.82, 2.24) is 9.97 Å². The Hall–Kier alpha value is -3.51. The van der Waals surface area contributed by atoms with Crippen molar-refractivity contribution in [2.24, 2.45) is 0 Å². The van der Waals surface area contributed by atoms with Gasteiger partial charge in [0.05, 0.1) is 22.6 Å². The molecule has 1 fully saturated rings. The zero-order valence-electron chi connectivity index (χ0n) is 17.6. The number of hydrogen-bond donors (Lipinski definition) is 2. The van der Waals surface area contributed by atoms with Crippen molar-refractivity contribution in [3.05, 3.63) is 58.2 Å². The van der Waals surface area contributed by atoms with Crippen molar-refractivity contribution in [2.75, 3.05) is 23.3 Å². The van der Waals surface area contributed by atoms with Crippen LogP contribution < -0.4 is 10.2 Å². The predicted molar refractivity (Wildman–Crippen MR) is 121 cm³/mol. The third-order valence-corrected chi connectivity index (χ3v) is 5.86. The van der Waals surface area contributed by atoms with Crippen LogP contribution in [-0.2, 0) is 0 Å². The van der Waals surface area contributed by atoms with Gasteiger partial charge in [0, 0.05) is 42.2 Å². The number of benzene rings is 2. The van der Waals surface area contributed by atoms with Crippen molar-refractivity contribution in [3.8, 4) is 6.07 Å². The van der Waals surface area contributed by atoms with Crippen LogP contribution in [0.2, 0.25) is 5.02 Å². The molecule has 1 unspecified atom stereocenters. The number of halogens is 3. The molecule has 7 nitrogen and oxygen atoms in total. The molecule has 10 heteroatoms. The van der Waals surface area contributed by atoms with Gasteiger partial charge in [0.1, 0.15) is 6.07 Å². The highest BCUT2D eigenvalue weighted by Crippen LogP contribution is 2.34. The summed E-state index contributed by atoms with van der Waals surface area (Å²) in [5.41, 5.74) is 2.06. The number of para-hydroxylation sites is 1. The van der Waals surface area contributed by atoms with Crippen LogP contribution in [0.15, 0.2) is 36.4 Å². The maximum absolute atomic E-state index is 13.6. The van der Waals surface area contributed by atoms with Crippen LogP contribution in [0.5, 0.6) is 0 Å². The second-order valence-electron chi connectivity index (χ2n) is 7.93. The van der Waals surface area contributed by atoms with E-state index >= 15 is 0 Å². The summed E-state index contributed by atoms with van der Waals surface area (Å²) in [5.74, 6) is -3.55. The summed E-state index contributed by atoms with van der Waals surface area (Å²) >= 11 is 6.30. The van der Waals surface area contributed by atoms with E-state index in [1.54, 1.807) is 35.2 Å². The number of carbonyl (C=O) groups is 1. The lowest BCUT2D eigenvalue weighted by atomic mass is 10.0. The highest BCUT2D eigenvalue weighted by Gasteiger charge is 2.35. The molecule has 33 heavy (non-hydrogen) atoms. The van der Waals surface area contributed by atoms with Gasteiger partial charge >= 0.3 is 5.97 Å². The van der Waals surface area contributed by atoms with Gasteiger partial charge in [-0.2, -0.15) is 5.26 Å². The van der Waals surface area contributed by atoms with Crippen LogP contribution in [0.4, 0.5) is 20.3 Å². The topological polar surface area (TPSA) is 102 Å². The number of carboxylic acids is 1. The van der Waals surface area contributed by atoms with Gasteiger partial charge in [-0.1, -0.05) is 23.7 Å². The summed E-state index contributed by atoms with van der Waals surface area (Å²) in [4.78, 5) is 22.3. The van der Waals surface area contributed by atoms with Gasteiger partial charge in [-0.25, -0.2) is 23.5 Å². The van der Waals surface area contributed by atoms with E-state index in [0.717, 1.165) is 0 Å². The third-order valence-electron chi connectivity index (χ3n) is 5.64. The first-order valence-electron chi connectivity index (χ1n) is 10.3. The van der Waals surface area contributed by atoms with E-state index in [1.165, 1.54) is 6.07 Å². The minimum absolute atomic E-state index is 0.0396. The van der Waals surface area contributed by atoms with E-state index in [1.807, 2.05) is 13.0 Å². The van der Waals surface area contributed by atoms with E-state index in [0.29, 0.717) is 27.3 Å². The summed E-state index contributed by atoms with van der Waals surface area (Å²) < 4.78 is 27.3. The second kappa shape index (κ2) is 8.79. The van der Waals surface area contributed by atoms with Crippen LogP contribution in [0.25, 0.3) is 11.0 Å². The number of fused-ring (bicyclic) bond motifs is 1. The zero-order chi connectivity index (χ0) is 23.8. The number of aromatic nitrogens is 2. The predicted octanol–water partition coefficient (Wildman–Crippen LogP) is 5.26. The number of aromatic carboxylic acids is 1. The maximum Gasteiger partial charge on any atom is 0.337 e. The summed E-state index contributed by atoms with van der Waals surface area (Å²) in [6.07, 6.45) is -0.649. The van der Waals surface area contributed by atoms with Gasteiger partial charge in [0.25, 0.3) is 5.92 Å². The monoisotopic (exact) mass is 471 g/mol. The molecule has 4 rings (SSSR count). The second-order valence-corrected chi connectivity index (χ2v) is 8.37. The van der Waals surface area contributed by atoms with Crippen molar-refractivity contribution in [1.29, 1.82) is 5.26 Å². The Bertz CT molecular complexity index is 1270. The Morgan fingerprint density at radius 2 is 1.97 bits per heavy atom. The van der Waals surface area contributed by atoms with Gasteiger partial charge < -0.3 is 15.3 Å². The largest absolute Gasteiger partial charge is 0.478 e. The fourth-order valence-electron chi connectivity index (χ4n) is 3.92. The molecule has 0 bridgehead atoms. The van der Waals surface area contributed by atoms with Gasteiger partial charge in [-0.15, -0.1) is 0 Å². The van der Waals surface area contributed by atoms with Crippen molar-refractivity contribution < 1.29 is 18.7 Å². The molecular weight excluding hydrogens is 452 g/mol. The van der Waals surface area contributed by atoms with Crippen LogP contribution in [0.1, 0.15) is 47.4 Å². The number of hydrogen-bond acceptors (Lipinski definition) is 6. The molecule has 2 aromatic carbocycles. The first kappa shape index (κ1) is 22.7. The van der Waals surface area contributed by atoms with Crippen LogP contribution >= 0.6 is 11.6 Å². The molecule has 0 saturated carbocycles. The lowest BCUT2D eigenvalue weighted by Crippen LogP contribution is -2.40. The highest BCUT2D eigenvalue weighted by atomic mass is 35.5. The molecule has 0 aliphatic carbocycles. The number of alkyl halides is 2. The summed E-state index contributed by atoms with van der Waals surface area (Å²) in [6, 6.07) is 11.4. The van der Waals surface area contributed by atoms with Crippen LogP contribution in [0.3, 0.4) is 0 Å². The number of nitrogens with zero attached hydrogens (tertiary/aromatic N) is 4. The summed E-state index contributed by atoms with van der Waals surface area (Å²) in [7, 11) is 0. The quantitative estimate of drug-likeness (QED) is 0.523. The molecule has 2 N–H and O–H groups in total. The Kier molecular flexibility index (Phi) is 6.04. The molecule has 2 heterocycles. The summed E-state index contributed by atoms with van der Waals surface area (Å²) in [6.45, 7) is 1.94. The molecule has 170 valence electrons. The molecule has 1 saturated heterocycles. The number of carboxylic acid groups (broad SMARTS) is 1. The van der Waals surface area contributed by atoms with Gasteiger partial charge in [0.2, 0.25) is 0 Å². The molecule has 1 atom stereocenters. The van der Waals surface area contributed by atoms with E-state index in [9.17, 15) is 23.9 Å². The van der Waals surface area contributed by atoms with Gasteiger partial charge in [-0.3, -0.25) is 0 Å². The number of anilines is 2. The molecular formula is C23H20ClF2N5O2. The van der Waals surface area contributed by atoms with Gasteiger partial charge in [-0.05, 0) is 31.2 Å². The standard InChI is InChI=1S/C23H20ClF2N5O2/c1-13(28-17-5-3-2-4-15(17)22(32)33)16-10-14(24)11-18-20(16)30-21(19(12-27)29-18)31-8-6-23(25,26)7-9-31/h2-5,10-11,13,28H,6-9H2,1H3,(H,32,33). The zero-order valence-corrected chi connectivity index (χ0v) is 18.4. The number of nitrogens with one attached hydrogen (secondary N) is 1. The lowest BCUT2D eigenvalue weighted by Gasteiger charge is -2.33. The Morgan fingerprint density at radius 3 is 2.64 bits per heavy atom. The van der Waals surface area contributed by atoms with E-state index < -0.39 is 17.9 Å². The van der Waals surface area contributed by atoms with Crippen LogP contribution in [-0.4, -0.2) is 40.1 Å². The van der Waals surface area contributed by atoms with Crippen molar-refractivity contribution >= 4 is 40.1 Å². The van der Waals surface area contributed by atoms with E-state index in [2.05, 4.69) is 15.3 Å². The molecule has 1 aliphatic heterocycles. The SMILES string of the molecule is CC(Nc1ccccc1C(=O)O)c1cc(Cl)cc2nc(C#N)c(N3CCC(F)(F)CC3)nc12. The lowest BCUT2D eigenvalue weighted by molar-refractivity contribution is -0.0221. The first-order valence-corrected chi connectivity index (χ1v) is 10.7. The van der Waals surface area contributed by atoms with E-state index in [-0.39, 0.29) is 43.0 Å². The third kappa shape index (κ3) is 4.66. The first-order chi connectivity index (χ1) is 15.7. The number of nitriles is 1. The number of piperidine rings is 1. The average molecular weight is 472 g/mol. The fraction of sp³-hybridized carbons (Fsp3) is 0.304. The highest BCUT2D eigenvalue weighted by molar-refractivity contribution is 6.31. The minimum Gasteiger partial charge on any atom is -0.478 e. The summed E-state index contributed by atoms with van der Waals surface area (Å²) in [5, 5.41) is 22.6. The Morgan fingerprint density at radius 1 is 1.27 bits per heavy atom. The maximum atomic E-state index is 13.6. The molecule has 0 spiro atoms. The molecule has 1 aromatic heterocycles. The molecule has 0 radical (unpaired) electrons. The molecule has 0 amide bonds. The smallest absolute Gasteiger partial charge is 0.337 e. The molecule has 1 aliphatic rings. The van der Waals surface area contributed by atoms with E-state index in [4.69, 9.17) is 11.6 Å². The van der Waals surface area contributed by atoms with Crippen molar-refractivity contribution in [3.63, 3.8) is 0 Å². The number of rotatable bonds is 5. The normalized spacial score (nSPS) is 16.3. The Labute approximate surface area is 193 Å². The van der Waals surface area contributed by atoms with Gasteiger partial charge in [0.15, 0.2) is 11.5 Å². The Balaban J connectivity index is 1.77. The van der Waals surface area contributed by atoms with Crippen LogP contribution in [0, 0.1) is 11.3 Å².